The molecule has 3 aliphatic rings. The van der Waals surface area contributed by atoms with E-state index in [1.807, 2.05) is 13.8 Å². The molecule has 3 unspecified atom stereocenters. The molecule has 1 N–H and O–H groups in total. The van der Waals surface area contributed by atoms with Crippen molar-refractivity contribution in [2.45, 2.75) is 79.8 Å². The van der Waals surface area contributed by atoms with Crippen LogP contribution in [0.25, 0.3) is 0 Å². The third kappa shape index (κ3) is 4.74. The number of amides is 2. The van der Waals surface area contributed by atoms with Gasteiger partial charge < -0.3 is 19.6 Å². The number of fused-ring (bicyclic) bond motifs is 1. The van der Waals surface area contributed by atoms with E-state index in [1.165, 1.54) is 0 Å². The highest BCUT2D eigenvalue weighted by Gasteiger charge is 2.76. The molecule has 0 saturated carbocycles. The number of unbranched alkanes of at least 4 members (excludes halogenated alkanes) is 3. The van der Waals surface area contributed by atoms with Gasteiger partial charge in [-0.1, -0.05) is 34.8 Å². The largest absolute Gasteiger partial charge is 0.466 e. The van der Waals surface area contributed by atoms with Crippen molar-refractivity contribution in [2.24, 2.45) is 11.8 Å². The fourth-order valence-electron chi connectivity index (χ4n) is 5.76. The van der Waals surface area contributed by atoms with Crippen molar-refractivity contribution in [3.8, 4) is 0 Å². The average Bonchev–Trinajstić information content (AvgIpc) is 3.35. The fourth-order valence-corrected chi connectivity index (χ4v) is 9.35. The highest BCUT2D eigenvalue weighted by Crippen LogP contribution is 2.68. The number of hydrogen-bond acceptors (Lipinski definition) is 6. The Morgan fingerprint density at radius 1 is 1.36 bits per heavy atom. The summed E-state index contributed by atoms with van der Waals surface area (Å²) in [6, 6.07) is -0.638. The van der Waals surface area contributed by atoms with Crippen molar-refractivity contribution in [2.75, 3.05) is 26.3 Å². The van der Waals surface area contributed by atoms with Gasteiger partial charge in [-0.2, -0.15) is 0 Å². The molecule has 6 atom stereocenters. The molecule has 3 aliphatic heterocycles. The first-order valence-electron chi connectivity index (χ1n) is 12.1. The molecule has 1 spiro atoms. The number of ether oxygens (including phenoxy) is 1. The molecule has 0 aromatic rings. The number of carbonyl (C=O) groups excluding carboxylic acids is 3. The lowest BCUT2D eigenvalue weighted by atomic mass is 9.71. The van der Waals surface area contributed by atoms with Crippen LogP contribution in [0.4, 0.5) is 0 Å². The van der Waals surface area contributed by atoms with Gasteiger partial charge in [0.25, 0.3) is 0 Å². The maximum absolute atomic E-state index is 14.0. The number of carbonyl (C=O) groups is 3. The topological polar surface area (TPSA) is 87.2 Å². The molecule has 33 heavy (non-hydrogen) atoms. The number of likely N-dealkylation sites (tertiary alicyclic amines) is 1. The summed E-state index contributed by atoms with van der Waals surface area (Å²) >= 11 is 5.40. The monoisotopic (exact) mass is 544 g/mol. The van der Waals surface area contributed by atoms with E-state index >= 15 is 0 Å². The van der Waals surface area contributed by atoms with Gasteiger partial charge in [-0.05, 0) is 40.0 Å². The van der Waals surface area contributed by atoms with Crippen molar-refractivity contribution >= 4 is 45.5 Å². The van der Waals surface area contributed by atoms with Gasteiger partial charge in [0.15, 0.2) is 0 Å². The summed E-state index contributed by atoms with van der Waals surface area (Å²) in [6.07, 6.45) is 5.64. The summed E-state index contributed by atoms with van der Waals surface area (Å²) in [5.41, 5.74) is 0. The molecular formula is C24H37BrN2O5S. The number of esters is 1. The Balaban J connectivity index is 1.97. The van der Waals surface area contributed by atoms with E-state index in [-0.39, 0.29) is 47.1 Å². The smallest absolute Gasteiger partial charge is 0.310 e. The second-order valence-corrected chi connectivity index (χ2v) is 12.2. The van der Waals surface area contributed by atoms with Crippen LogP contribution < -0.4 is 0 Å². The minimum atomic E-state index is -0.635. The lowest BCUT2D eigenvalue weighted by Crippen LogP contribution is -2.56. The Morgan fingerprint density at radius 3 is 2.67 bits per heavy atom. The van der Waals surface area contributed by atoms with Crippen molar-refractivity contribution in [1.82, 2.24) is 9.80 Å². The van der Waals surface area contributed by atoms with Crippen LogP contribution in [0.15, 0.2) is 12.7 Å². The number of thioether (sulfide) groups is 1. The summed E-state index contributed by atoms with van der Waals surface area (Å²) in [6.45, 7) is 10.9. The molecule has 0 aromatic carbocycles. The second kappa shape index (κ2) is 11.1. The van der Waals surface area contributed by atoms with Gasteiger partial charge >= 0.3 is 5.97 Å². The molecule has 3 heterocycles. The zero-order valence-corrected chi connectivity index (χ0v) is 22.3. The van der Waals surface area contributed by atoms with Crippen LogP contribution in [0.2, 0.25) is 0 Å². The first-order chi connectivity index (χ1) is 15.7. The molecule has 3 saturated heterocycles. The number of alkyl halides is 1. The number of hydrogen-bond donors (Lipinski definition) is 1. The first kappa shape index (κ1) is 26.5. The number of rotatable bonds is 12. The Hall–Kier alpha value is -1.06. The van der Waals surface area contributed by atoms with Crippen LogP contribution in [0, 0.1) is 11.8 Å². The van der Waals surface area contributed by atoms with Gasteiger partial charge in [0, 0.05) is 35.8 Å². The van der Waals surface area contributed by atoms with Gasteiger partial charge in [-0.3, -0.25) is 14.4 Å². The number of aliphatic hydroxyl groups is 1. The van der Waals surface area contributed by atoms with Crippen LogP contribution >= 0.6 is 27.7 Å². The Labute approximate surface area is 209 Å². The van der Waals surface area contributed by atoms with E-state index in [1.54, 1.807) is 34.6 Å². The summed E-state index contributed by atoms with van der Waals surface area (Å²) in [5, 5.41) is 8.98. The van der Waals surface area contributed by atoms with E-state index in [0.29, 0.717) is 19.5 Å². The van der Waals surface area contributed by atoms with E-state index in [2.05, 4.69) is 22.5 Å². The average molecular weight is 546 g/mol. The SMILES string of the molecule is C=CCN(C(=O)C1N(CCCCCCO)C(=O)[C@@H]2[C@@H](C(=O)OCC)[C@@H]3SC12CC3Br)C(C)C. The Bertz CT molecular complexity index is 765. The quantitative estimate of drug-likeness (QED) is 0.176. The lowest BCUT2D eigenvalue weighted by molar-refractivity contribution is -0.153. The maximum Gasteiger partial charge on any atom is 0.310 e. The number of halogens is 1. The first-order valence-corrected chi connectivity index (χ1v) is 13.9. The molecule has 0 radical (unpaired) electrons. The van der Waals surface area contributed by atoms with Gasteiger partial charge in [0.2, 0.25) is 11.8 Å². The van der Waals surface area contributed by atoms with Gasteiger partial charge in [-0.25, -0.2) is 0 Å². The summed E-state index contributed by atoms with van der Waals surface area (Å²) in [7, 11) is 0. The van der Waals surface area contributed by atoms with E-state index in [4.69, 9.17) is 9.84 Å². The van der Waals surface area contributed by atoms with Crippen molar-refractivity contribution in [3.05, 3.63) is 12.7 Å². The van der Waals surface area contributed by atoms with Crippen LogP contribution in [0.1, 0.15) is 52.9 Å². The molecule has 3 rings (SSSR count). The minimum absolute atomic E-state index is 0.0309. The number of aliphatic hydroxyl groups excluding tert-OH is 1. The summed E-state index contributed by atoms with van der Waals surface area (Å²) in [5.74, 6) is -1.56. The predicted molar refractivity (Wildman–Crippen MR) is 133 cm³/mol. The molecule has 3 fully saturated rings. The molecule has 186 valence electrons. The molecule has 7 nitrogen and oxygen atoms in total. The van der Waals surface area contributed by atoms with E-state index in [0.717, 1.165) is 25.7 Å². The standard InChI is InChI=1S/C24H37BrN2O5S/c1-5-11-26(15(3)4)22(30)20-24-14-16(25)19(33-24)17(23(31)32-6-2)18(24)21(29)27(20)12-9-7-8-10-13-28/h5,15-20,28H,1,6-14H2,2-4H3/t16?,17-,18+,19-,20?,24?/m1/s1. The van der Waals surface area contributed by atoms with Gasteiger partial charge in [0.05, 0.1) is 23.2 Å². The molecular weight excluding hydrogens is 508 g/mol. The Morgan fingerprint density at radius 2 is 2.06 bits per heavy atom. The fraction of sp³-hybridized carbons (Fsp3) is 0.792. The predicted octanol–water partition coefficient (Wildman–Crippen LogP) is 2.99. The highest BCUT2D eigenvalue weighted by atomic mass is 79.9. The number of nitrogens with zero attached hydrogens (tertiary/aromatic N) is 2. The molecule has 9 heteroatoms. The van der Waals surface area contributed by atoms with Crippen molar-refractivity contribution in [3.63, 3.8) is 0 Å². The second-order valence-electron chi connectivity index (χ2n) is 9.46. The van der Waals surface area contributed by atoms with Gasteiger partial charge in [0.1, 0.15) is 6.04 Å². The van der Waals surface area contributed by atoms with E-state index < -0.39 is 22.6 Å². The molecule has 2 bridgehead atoms. The zero-order chi connectivity index (χ0) is 24.3. The Kier molecular flexibility index (Phi) is 8.94. The molecule has 0 aromatic heterocycles. The van der Waals surface area contributed by atoms with Crippen molar-refractivity contribution in [1.29, 1.82) is 0 Å². The van der Waals surface area contributed by atoms with Crippen LogP contribution in [-0.4, -0.2) is 85.9 Å². The minimum Gasteiger partial charge on any atom is -0.466 e. The van der Waals surface area contributed by atoms with Crippen LogP contribution in [0.5, 0.6) is 0 Å². The van der Waals surface area contributed by atoms with Crippen LogP contribution in [-0.2, 0) is 19.1 Å². The summed E-state index contributed by atoms with van der Waals surface area (Å²) in [4.78, 5) is 44.4. The lowest BCUT2D eigenvalue weighted by Gasteiger charge is -2.39. The molecule has 2 amide bonds. The normalized spacial score (nSPS) is 32.4. The third-order valence-corrected chi connectivity index (χ3v) is 10.3. The summed E-state index contributed by atoms with van der Waals surface area (Å²) < 4.78 is 4.75. The van der Waals surface area contributed by atoms with Crippen molar-refractivity contribution < 1.29 is 24.2 Å². The van der Waals surface area contributed by atoms with E-state index in [9.17, 15) is 14.4 Å². The third-order valence-electron chi connectivity index (χ3n) is 7.12. The molecule has 0 aliphatic carbocycles. The van der Waals surface area contributed by atoms with Crippen LogP contribution in [0.3, 0.4) is 0 Å². The maximum atomic E-state index is 14.0. The zero-order valence-electron chi connectivity index (χ0n) is 19.9. The highest BCUT2D eigenvalue weighted by molar-refractivity contribution is 9.09. The van der Waals surface area contributed by atoms with Gasteiger partial charge in [-0.15, -0.1) is 18.3 Å².